The lowest BCUT2D eigenvalue weighted by Gasteiger charge is -2.38. The van der Waals surface area contributed by atoms with Crippen LogP contribution in [0.3, 0.4) is 0 Å². The minimum Gasteiger partial charge on any atom is -0.491 e. The molecule has 6 nitrogen and oxygen atoms in total. The molecule has 37 heavy (non-hydrogen) atoms. The van der Waals surface area contributed by atoms with Gasteiger partial charge in [0.1, 0.15) is 31.1 Å². The molecule has 1 saturated heterocycles. The van der Waals surface area contributed by atoms with Crippen LogP contribution < -0.4 is 18.7 Å². The van der Waals surface area contributed by atoms with Crippen LogP contribution >= 0.6 is 0 Å². The van der Waals surface area contributed by atoms with E-state index < -0.39 is 5.41 Å². The number of hydrogen-bond acceptors (Lipinski definition) is 5. The van der Waals surface area contributed by atoms with Gasteiger partial charge in [-0.25, -0.2) is 9.28 Å². The molecule has 3 atom stereocenters. The van der Waals surface area contributed by atoms with E-state index >= 15 is 4.79 Å². The highest BCUT2D eigenvalue weighted by Gasteiger charge is 2.67. The molecule has 7 rings (SSSR count). The predicted octanol–water partition coefficient (Wildman–Crippen LogP) is 4.93. The Morgan fingerprint density at radius 3 is 2.59 bits per heavy atom. The van der Waals surface area contributed by atoms with Crippen LogP contribution in [-0.2, 0) is 16.8 Å². The highest BCUT2D eigenvalue weighted by molar-refractivity contribution is 6.08. The maximum atomic E-state index is 15.3. The average Bonchev–Trinajstić information content (AvgIpc) is 3.69. The maximum Gasteiger partial charge on any atom is 0.338 e. The van der Waals surface area contributed by atoms with Crippen LogP contribution in [0.25, 0.3) is 0 Å². The first-order valence-electron chi connectivity index (χ1n) is 13.4. The molecule has 1 amide bonds. The predicted molar refractivity (Wildman–Crippen MR) is 142 cm³/mol. The molecular formula is C31H33N2O4+. The third-order valence-electron chi connectivity index (χ3n) is 9.09. The van der Waals surface area contributed by atoms with Crippen LogP contribution in [0.5, 0.6) is 17.2 Å². The highest BCUT2D eigenvalue weighted by atomic mass is 16.7. The lowest BCUT2D eigenvalue weighted by molar-refractivity contribution is -0.134. The van der Waals surface area contributed by atoms with E-state index in [0.717, 1.165) is 48.6 Å². The molecule has 0 saturated carbocycles. The topological polar surface area (TPSA) is 48.0 Å². The number of fused-ring (bicyclic) bond motifs is 5. The van der Waals surface area contributed by atoms with Gasteiger partial charge >= 0.3 is 5.91 Å². The van der Waals surface area contributed by atoms with E-state index in [1.165, 1.54) is 17.5 Å². The van der Waals surface area contributed by atoms with Crippen LogP contribution in [0, 0.1) is 6.92 Å². The second-order valence-corrected chi connectivity index (χ2v) is 10.9. The summed E-state index contributed by atoms with van der Waals surface area (Å²) in [6.45, 7) is 8.38. The number of rotatable bonds is 5. The van der Waals surface area contributed by atoms with Crippen molar-refractivity contribution in [2.45, 2.75) is 44.7 Å². The Balaban J connectivity index is 1.44. The smallest absolute Gasteiger partial charge is 0.338 e. The average molecular weight is 498 g/mol. The zero-order valence-corrected chi connectivity index (χ0v) is 21.5. The van der Waals surface area contributed by atoms with Gasteiger partial charge in [0.05, 0.1) is 6.04 Å². The fraction of sp³-hybridized carbons (Fsp3) is 0.387. The van der Waals surface area contributed by atoms with Gasteiger partial charge in [-0.15, -0.1) is 0 Å². The Bertz CT molecular complexity index is 1400. The molecular weight excluding hydrogens is 464 g/mol. The van der Waals surface area contributed by atoms with Crippen molar-refractivity contribution in [1.29, 1.82) is 0 Å². The first-order chi connectivity index (χ1) is 18.1. The van der Waals surface area contributed by atoms with E-state index in [1.807, 2.05) is 12.1 Å². The second-order valence-electron chi connectivity index (χ2n) is 10.9. The molecule has 0 aliphatic carbocycles. The molecule has 0 bridgehead atoms. The summed E-state index contributed by atoms with van der Waals surface area (Å²) >= 11 is 0. The molecule has 0 aromatic heterocycles. The van der Waals surface area contributed by atoms with E-state index in [4.69, 9.17) is 14.2 Å². The van der Waals surface area contributed by atoms with E-state index in [2.05, 4.69) is 67.3 Å². The van der Waals surface area contributed by atoms with Crippen molar-refractivity contribution in [2.75, 3.05) is 33.0 Å². The highest BCUT2D eigenvalue weighted by Crippen LogP contribution is 2.58. The van der Waals surface area contributed by atoms with Gasteiger partial charge in [0, 0.05) is 22.8 Å². The number of likely N-dealkylation sites (tertiary alicyclic amines) is 1. The van der Waals surface area contributed by atoms with E-state index in [9.17, 15) is 0 Å². The Morgan fingerprint density at radius 2 is 1.76 bits per heavy atom. The molecule has 4 aliphatic heterocycles. The summed E-state index contributed by atoms with van der Waals surface area (Å²) in [5, 5.41) is 0. The number of para-hydroxylation sites is 1. The molecule has 190 valence electrons. The third-order valence-corrected chi connectivity index (χ3v) is 9.09. The summed E-state index contributed by atoms with van der Waals surface area (Å²) < 4.78 is 18.0. The fourth-order valence-corrected chi connectivity index (χ4v) is 7.20. The number of benzene rings is 3. The van der Waals surface area contributed by atoms with Crippen LogP contribution in [-0.4, -0.2) is 49.9 Å². The van der Waals surface area contributed by atoms with Crippen LogP contribution in [0.4, 0.5) is 5.69 Å². The summed E-state index contributed by atoms with van der Waals surface area (Å²) in [5.74, 6) is 2.29. The maximum absolute atomic E-state index is 15.3. The SMILES string of the molecule is CCN1CCCC1C[N+]1(Cc2ccccc2C)C(=O)C2(COc3cc4c(cc32)OCO4)c2ccccc21. The molecule has 3 aromatic carbocycles. The number of carbonyl (C=O) groups is 1. The minimum absolute atomic E-state index is 0.192. The van der Waals surface area contributed by atoms with Gasteiger partial charge in [0.2, 0.25) is 6.79 Å². The summed E-state index contributed by atoms with van der Waals surface area (Å²) in [4.78, 5) is 17.8. The lowest BCUT2D eigenvalue weighted by atomic mass is 9.77. The van der Waals surface area contributed by atoms with Gasteiger partial charge < -0.3 is 14.2 Å². The molecule has 0 radical (unpaired) electrons. The van der Waals surface area contributed by atoms with Crippen molar-refractivity contribution in [3.63, 3.8) is 0 Å². The minimum atomic E-state index is -0.870. The third kappa shape index (κ3) is 3.15. The monoisotopic (exact) mass is 497 g/mol. The van der Waals surface area contributed by atoms with Crippen molar-refractivity contribution in [1.82, 2.24) is 9.38 Å². The number of quaternary nitrogens is 1. The first-order valence-corrected chi connectivity index (χ1v) is 13.4. The lowest BCUT2D eigenvalue weighted by Crippen LogP contribution is -2.61. The van der Waals surface area contributed by atoms with E-state index in [-0.39, 0.29) is 12.7 Å². The van der Waals surface area contributed by atoms with Gasteiger partial charge in [-0.05, 0) is 50.6 Å². The van der Waals surface area contributed by atoms with Crippen LogP contribution in [0.15, 0.2) is 60.7 Å². The molecule has 0 N–H and O–H groups in total. The van der Waals surface area contributed by atoms with Gasteiger partial charge in [-0.3, -0.25) is 4.90 Å². The zero-order valence-electron chi connectivity index (χ0n) is 21.5. The van der Waals surface area contributed by atoms with Crippen LogP contribution in [0.1, 0.15) is 42.0 Å². The molecule has 3 unspecified atom stereocenters. The number of likely N-dealkylation sites (N-methyl/N-ethyl adjacent to an activating group) is 1. The number of hydrogen-bond donors (Lipinski definition) is 0. The van der Waals surface area contributed by atoms with Gasteiger partial charge in [0.25, 0.3) is 0 Å². The van der Waals surface area contributed by atoms with E-state index in [0.29, 0.717) is 35.2 Å². The number of aryl methyl sites for hydroxylation is 1. The summed E-state index contributed by atoms with van der Waals surface area (Å²) in [5.41, 5.74) is 4.63. The molecule has 3 aromatic rings. The van der Waals surface area contributed by atoms with Gasteiger partial charge in [-0.1, -0.05) is 49.4 Å². The molecule has 4 heterocycles. The largest absolute Gasteiger partial charge is 0.491 e. The normalized spacial score (nSPS) is 27.5. The summed E-state index contributed by atoms with van der Waals surface area (Å²) in [7, 11) is 0. The van der Waals surface area contributed by atoms with Crippen molar-refractivity contribution >= 4 is 11.6 Å². The van der Waals surface area contributed by atoms with Crippen molar-refractivity contribution in [3.8, 4) is 17.2 Å². The van der Waals surface area contributed by atoms with Gasteiger partial charge in [0.15, 0.2) is 16.9 Å². The molecule has 1 fully saturated rings. The Hall–Kier alpha value is -3.35. The quantitative estimate of drug-likeness (QED) is 0.468. The zero-order chi connectivity index (χ0) is 25.2. The Kier molecular flexibility index (Phi) is 5.14. The van der Waals surface area contributed by atoms with Crippen LogP contribution in [0.2, 0.25) is 0 Å². The number of amides is 1. The summed E-state index contributed by atoms with van der Waals surface area (Å²) in [6.07, 6.45) is 2.30. The van der Waals surface area contributed by atoms with Crippen molar-refractivity contribution in [3.05, 3.63) is 82.9 Å². The van der Waals surface area contributed by atoms with E-state index in [1.54, 1.807) is 0 Å². The molecule has 4 aliphatic rings. The Labute approximate surface area is 217 Å². The van der Waals surface area contributed by atoms with Gasteiger partial charge in [-0.2, -0.15) is 0 Å². The molecule has 6 heteroatoms. The number of carbonyl (C=O) groups excluding carboxylic acids is 1. The first kappa shape index (κ1) is 22.8. The fourth-order valence-electron chi connectivity index (χ4n) is 7.20. The summed E-state index contributed by atoms with van der Waals surface area (Å²) in [6, 6.07) is 21.2. The standard InChI is InChI=1S/C31H33N2O4/c1-3-32-14-8-11-23(32)18-33(17-22-10-5-4-9-21(22)2)26-13-7-6-12-24(26)31(30(33)34)19-35-27-16-29-28(15-25(27)31)36-20-37-29/h4-7,9-10,12-13,15-16,23H,3,8,11,14,17-20H2,1-2H3/q+1. The number of nitrogens with zero attached hydrogens (tertiary/aromatic N) is 2. The second kappa shape index (κ2) is 8.33. The van der Waals surface area contributed by atoms with Crippen molar-refractivity contribution < 1.29 is 19.0 Å². The van der Waals surface area contributed by atoms with Crippen molar-refractivity contribution in [2.24, 2.45) is 0 Å². The molecule has 1 spiro atoms. The number of ether oxygens (including phenoxy) is 3. The Morgan fingerprint density at radius 1 is 0.973 bits per heavy atom.